The Hall–Kier alpha value is -2.00. The van der Waals surface area contributed by atoms with Crippen LogP contribution in [0.4, 0.5) is 4.39 Å². The molecule has 0 unspecified atom stereocenters. The van der Waals surface area contributed by atoms with Gasteiger partial charge in [0.1, 0.15) is 12.4 Å². The molecule has 0 fully saturated rings. The molecular weight excluding hydrogens is 267 g/mol. The summed E-state index contributed by atoms with van der Waals surface area (Å²) in [5.41, 5.74) is 1.69. The number of ketones is 1. The SMILES string of the molecule is O=C(COCCCc1ccccc1)Cc1ccccc1F. The standard InChI is InChI=1S/C18H19FO2/c19-18-11-5-4-10-16(18)13-17(20)14-21-12-6-9-15-7-2-1-3-8-15/h1-5,7-8,10-11H,6,9,12-14H2. The van der Waals surface area contributed by atoms with Crippen molar-refractivity contribution in [3.8, 4) is 0 Å². The first-order valence-corrected chi connectivity index (χ1v) is 7.12. The summed E-state index contributed by atoms with van der Waals surface area (Å²) in [5, 5.41) is 0. The molecule has 21 heavy (non-hydrogen) atoms. The Balaban J connectivity index is 1.63. The third-order valence-electron chi connectivity index (χ3n) is 3.21. The van der Waals surface area contributed by atoms with Gasteiger partial charge >= 0.3 is 0 Å². The zero-order chi connectivity index (χ0) is 14.9. The normalized spacial score (nSPS) is 10.5. The summed E-state index contributed by atoms with van der Waals surface area (Å²) in [4.78, 5) is 11.7. The number of rotatable bonds is 8. The van der Waals surface area contributed by atoms with Crippen LogP contribution >= 0.6 is 0 Å². The van der Waals surface area contributed by atoms with E-state index in [0.717, 1.165) is 12.8 Å². The molecule has 110 valence electrons. The molecule has 0 aromatic heterocycles. The van der Waals surface area contributed by atoms with Gasteiger partial charge in [-0.3, -0.25) is 4.79 Å². The van der Waals surface area contributed by atoms with E-state index in [9.17, 15) is 9.18 Å². The fourth-order valence-electron chi connectivity index (χ4n) is 2.11. The average Bonchev–Trinajstić information content (AvgIpc) is 2.50. The lowest BCUT2D eigenvalue weighted by atomic mass is 10.1. The summed E-state index contributed by atoms with van der Waals surface area (Å²) in [7, 11) is 0. The highest BCUT2D eigenvalue weighted by molar-refractivity contribution is 5.82. The molecule has 0 spiro atoms. The van der Waals surface area contributed by atoms with E-state index in [1.54, 1.807) is 18.2 Å². The first kappa shape index (κ1) is 15.4. The van der Waals surface area contributed by atoms with E-state index >= 15 is 0 Å². The molecule has 0 N–H and O–H groups in total. The molecule has 2 rings (SSSR count). The number of benzene rings is 2. The summed E-state index contributed by atoms with van der Waals surface area (Å²) in [6.07, 6.45) is 1.89. The van der Waals surface area contributed by atoms with Crippen molar-refractivity contribution in [3.63, 3.8) is 0 Å². The van der Waals surface area contributed by atoms with E-state index in [1.165, 1.54) is 11.6 Å². The summed E-state index contributed by atoms with van der Waals surface area (Å²) in [6.45, 7) is 0.584. The maximum atomic E-state index is 13.4. The highest BCUT2D eigenvalue weighted by Crippen LogP contribution is 2.07. The van der Waals surface area contributed by atoms with Gasteiger partial charge in [-0.25, -0.2) is 4.39 Å². The third kappa shape index (κ3) is 5.48. The fraction of sp³-hybridized carbons (Fsp3) is 0.278. The van der Waals surface area contributed by atoms with Crippen LogP contribution in [0.25, 0.3) is 0 Å². The topological polar surface area (TPSA) is 26.3 Å². The van der Waals surface area contributed by atoms with Crippen molar-refractivity contribution >= 4 is 5.78 Å². The second-order valence-corrected chi connectivity index (χ2v) is 4.95. The van der Waals surface area contributed by atoms with Crippen LogP contribution in [0.1, 0.15) is 17.5 Å². The monoisotopic (exact) mass is 286 g/mol. The van der Waals surface area contributed by atoms with Crippen molar-refractivity contribution in [3.05, 3.63) is 71.5 Å². The van der Waals surface area contributed by atoms with Gasteiger partial charge in [-0.05, 0) is 30.0 Å². The zero-order valence-corrected chi connectivity index (χ0v) is 11.9. The molecule has 0 radical (unpaired) electrons. The second kappa shape index (κ2) is 8.32. The first-order valence-electron chi connectivity index (χ1n) is 7.12. The van der Waals surface area contributed by atoms with Gasteiger partial charge in [0.2, 0.25) is 0 Å². The Morgan fingerprint density at radius 2 is 1.71 bits per heavy atom. The fourth-order valence-corrected chi connectivity index (χ4v) is 2.11. The van der Waals surface area contributed by atoms with Crippen LogP contribution in [0.3, 0.4) is 0 Å². The van der Waals surface area contributed by atoms with E-state index in [2.05, 4.69) is 12.1 Å². The van der Waals surface area contributed by atoms with Gasteiger partial charge in [0.05, 0.1) is 0 Å². The number of aryl methyl sites for hydroxylation is 1. The van der Waals surface area contributed by atoms with Crippen LogP contribution in [-0.4, -0.2) is 19.0 Å². The van der Waals surface area contributed by atoms with Gasteiger partial charge in [-0.2, -0.15) is 0 Å². The summed E-state index contributed by atoms with van der Waals surface area (Å²) >= 11 is 0. The predicted molar refractivity (Wildman–Crippen MR) is 80.7 cm³/mol. The minimum absolute atomic E-state index is 0.0448. The summed E-state index contributed by atoms with van der Waals surface area (Å²) < 4.78 is 18.7. The minimum Gasteiger partial charge on any atom is -0.374 e. The van der Waals surface area contributed by atoms with Crippen molar-refractivity contribution in [2.75, 3.05) is 13.2 Å². The van der Waals surface area contributed by atoms with Gasteiger partial charge in [-0.1, -0.05) is 48.5 Å². The van der Waals surface area contributed by atoms with Crippen LogP contribution in [0, 0.1) is 5.82 Å². The molecule has 0 aliphatic rings. The molecule has 0 aliphatic heterocycles. The van der Waals surface area contributed by atoms with E-state index in [0.29, 0.717) is 12.2 Å². The quantitative estimate of drug-likeness (QED) is 0.693. The lowest BCUT2D eigenvalue weighted by Gasteiger charge is -2.05. The van der Waals surface area contributed by atoms with Crippen LogP contribution in [0.15, 0.2) is 54.6 Å². The summed E-state index contributed by atoms with van der Waals surface area (Å²) in [6, 6.07) is 16.5. The maximum Gasteiger partial charge on any atom is 0.162 e. The zero-order valence-electron chi connectivity index (χ0n) is 11.9. The Labute approximate surface area is 124 Å². The van der Waals surface area contributed by atoms with E-state index in [1.807, 2.05) is 18.2 Å². The molecule has 2 aromatic carbocycles. The van der Waals surface area contributed by atoms with Crippen LogP contribution < -0.4 is 0 Å². The Morgan fingerprint density at radius 3 is 2.48 bits per heavy atom. The number of hydrogen-bond donors (Lipinski definition) is 0. The third-order valence-corrected chi connectivity index (χ3v) is 3.21. The number of ether oxygens (including phenoxy) is 1. The molecular formula is C18H19FO2. The van der Waals surface area contributed by atoms with Crippen LogP contribution in [0.5, 0.6) is 0 Å². The Kier molecular flexibility index (Phi) is 6.10. The molecule has 0 bridgehead atoms. The van der Waals surface area contributed by atoms with Crippen LogP contribution in [-0.2, 0) is 22.4 Å². The minimum atomic E-state index is -0.338. The van der Waals surface area contributed by atoms with Gasteiger partial charge in [0.25, 0.3) is 0 Å². The lowest BCUT2D eigenvalue weighted by molar-refractivity contribution is -0.123. The smallest absolute Gasteiger partial charge is 0.162 e. The van der Waals surface area contributed by atoms with E-state index in [4.69, 9.17) is 4.74 Å². The highest BCUT2D eigenvalue weighted by Gasteiger charge is 2.07. The molecule has 0 aliphatic carbocycles. The van der Waals surface area contributed by atoms with Crippen LogP contribution in [0.2, 0.25) is 0 Å². The lowest BCUT2D eigenvalue weighted by Crippen LogP contribution is -2.13. The molecule has 0 atom stereocenters. The van der Waals surface area contributed by atoms with Crippen molar-refractivity contribution in [1.29, 1.82) is 0 Å². The predicted octanol–water partition coefficient (Wildman–Crippen LogP) is 3.59. The summed E-state index contributed by atoms with van der Waals surface area (Å²) in [5.74, 6) is -0.435. The largest absolute Gasteiger partial charge is 0.374 e. The van der Waals surface area contributed by atoms with Gasteiger partial charge in [0.15, 0.2) is 5.78 Å². The molecule has 3 heteroatoms. The van der Waals surface area contributed by atoms with Gasteiger partial charge in [-0.15, -0.1) is 0 Å². The Bertz CT molecular complexity index is 566. The van der Waals surface area contributed by atoms with E-state index in [-0.39, 0.29) is 24.6 Å². The molecule has 0 amide bonds. The second-order valence-electron chi connectivity index (χ2n) is 4.95. The van der Waals surface area contributed by atoms with Gasteiger partial charge in [0, 0.05) is 13.0 Å². The molecule has 0 saturated carbocycles. The highest BCUT2D eigenvalue weighted by atomic mass is 19.1. The van der Waals surface area contributed by atoms with Gasteiger partial charge < -0.3 is 4.74 Å². The Morgan fingerprint density at radius 1 is 1.00 bits per heavy atom. The van der Waals surface area contributed by atoms with Crippen molar-refractivity contribution in [2.24, 2.45) is 0 Å². The number of halogens is 1. The first-order chi connectivity index (χ1) is 10.3. The average molecular weight is 286 g/mol. The van der Waals surface area contributed by atoms with Crippen molar-refractivity contribution in [2.45, 2.75) is 19.3 Å². The molecule has 0 saturated heterocycles. The number of hydrogen-bond acceptors (Lipinski definition) is 2. The molecule has 2 aromatic rings. The molecule has 2 nitrogen and oxygen atoms in total. The number of carbonyl (C=O) groups excluding carboxylic acids is 1. The maximum absolute atomic E-state index is 13.4. The van der Waals surface area contributed by atoms with E-state index < -0.39 is 0 Å². The van der Waals surface area contributed by atoms with Crippen molar-refractivity contribution in [1.82, 2.24) is 0 Å². The number of Topliss-reactive ketones (excluding diaryl/α,β-unsaturated/α-hetero) is 1. The van der Waals surface area contributed by atoms with Crippen molar-refractivity contribution < 1.29 is 13.9 Å². The molecule has 0 heterocycles. The number of carbonyl (C=O) groups is 1.